The maximum absolute atomic E-state index is 11.9. The minimum atomic E-state index is -0.669. The zero-order valence-electron chi connectivity index (χ0n) is 10.3. The van der Waals surface area contributed by atoms with Gasteiger partial charge in [-0.1, -0.05) is 0 Å². The highest BCUT2D eigenvalue weighted by atomic mass is 32.2. The molecule has 0 radical (unpaired) electrons. The van der Waals surface area contributed by atoms with Crippen molar-refractivity contribution >= 4 is 23.6 Å². The van der Waals surface area contributed by atoms with E-state index >= 15 is 0 Å². The average molecular weight is 270 g/mol. The van der Waals surface area contributed by atoms with Gasteiger partial charge < -0.3 is 5.73 Å². The minimum absolute atomic E-state index is 0.331. The molecular formula is C10H14N4O3S. The Balaban J connectivity index is 2.88. The molecule has 1 heterocycles. The first-order valence-electron chi connectivity index (χ1n) is 5.05. The Bertz CT molecular complexity index is 478. The lowest BCUT2D eigenvalue weighted by Crippen LogP contribution is -2.30. The van der Waals surface area contributed by atoms with Crippen LogP contribution in [0, 0.1) is 13.8 Å². The van der Waals surface area contributed by atoms with Crippen LogP contribution in [0.3, 0.4) is 0 Å². The quantitative estimate of drug-likeness (QED) is 0.442. The summed E-state index contributed by atoms with van der Waals surface area (Å²) in [5.74, 6) is -0.582. The van der Waals surface area contributed by atoms with Crippen LogP contribution < -0.4 is 11.2 Å². The van der Waals surface area contributed by atoms with E-state index in [4.69, 9.17) is 5.73 Å². The van der Waals surface area contributed by atoms with Crippen molar-refractivity contribution in [2.45, 2.75) is 18.9 Å². The second-order valence-corrected chi connectivity index (χ2v) is 4.22. The molecule has 0 unspecified atom stereocenters. The van der Waals surface area contributed by atoms with Crippen LogP contribution in [0.4, 0.5) is 0 Å². The zero-order valence-corrected chi connectivity index (χ0v) is 11.1. The van der Waals surface area contributed by atoms with Gasteiger partial charge in [0.2, 0.25) is 5.91 Å². The van der Waals surface area contributed by atoms with Gasteiger partial charge in [-0.2, -0.15) is 0 Å². The van der Waals surface area contributed by atoms with Gasteiger partial charge in [-0.25, -0.2) is 15.4 Å². The number of aromatic nitrogens is 2. The number of aryl methyl sites for hydroxylation is 2. The molecule has 98 valence electrons. The Hall–Kier alpha value is -1.67. The first kappa shape index (κ1) is 14.4. The van der Waals surface area contributed by atoms with Crippen LogP contribution in [0.25, 0.3) is 0 Å². The van der Waals surface area contributed by atoms with Crippen molar-refractivity contribution in [2.24, 2.45) is 5.73 Å². The molecule has 1 aromatic rings. The van der Waals surface area contributed by atoms with E-state index in [1.54, 1.807) is 13.8 Å². The highest BCUT2D eigenvalue weighted by Gasteiger charge is 2.17. The maximum Gasteiger partial charge on any atom is 0.279 e. The number of nitrogens with two attached hydrogens (primary N) is 1. The van der Waals surface area contributed by atoms with Crippen molar-refractivity contribution in [1.82, 2.24) is 15.4 Å². The van der Waals surface area contributed by atoms with E-state index in [9.17, 15) is 9.59 Å². The molecule has 8 heteroatoms. The van der Waals surface area contributed by atoms with Gasteiger partial charge in [0.1, 0.15) is 10.9 Å². The van der Waals surface area contributed by atoms with Crippen LogP contribution in [0.5, 0.6) is 0 Å². The van der Waals surface area contributed by atoms with Crippen molar-refractivity contribution in [1.29, 1.82) is 0 Å². The van der Waals surface area contributed by atoms with E-state index in [0.29, 0.717) is 22.1 Å². The van der Waals surface area contributed by atoms with E-state index in [1.165, 1.54) is 11.8 Å². The number of rotatable bonds is 5. The third kappa shape index (κ3) is 3.67. The molecule has 0 aromatic carbocycles. The molecule has 0 aliphatic carbocycles. The first-order chi connectivity index (χ1) is 8.45. The van der Waals surface area contributed by atoms with Gasteiger partial charge in [0.15, 0.2) is 6.61 Å². The Morgan fingerprint density at radius 1 is 1.39 bits per heavy atom. The Labute approximate surface area is 108 Å². The summed E-state index contributed by atoms with van der Waals surface area (Å²) in [6, 6.07) is 0. The van der Waals surface area contributed by atoms with E-state index in [0.717, 1.165) is 0 Å². The number of amides is 2. The molecule has 18 heavy (non-hydrogen) atoms. The standard InChI is InChI=1S/C10H14N4O3S/c1-5-8(9(16)14-17-4-7(11)15)10(18-3)13-6(2)12-5/h4H2,1-3H3,(H2,11,15)(H,14,16). The SMILES string of the molecule is CSc1nc(C)nc(C)c1C(=O)NOCC(N)=O. The highest BCUT2D eigenvalue weighted by molar-refractivity contribution is 7.98. The van der Waals surface area contributed by atoms with E-state index in [-0.39, 0.29) is 6.61 Å². The molecule has 0 spiro atoms. The minimum Gasteiger partial charge on any atom is -0.368 e. The number of hydroxylamine groups is 1. The third-order valence-corrected chi connectivity index (χ3v) is 2.65. The number of nitrogens with zero attached hydrogens (tertiary/aromatic N) is 2. The van der Waals surface area contributed by atoms with Crippen LogP contribution in [-0.2, 0) is 9.63 Å². The normalized spacial score (nSPS) is 10.2. The molecule has 1 rings (SSSR count). The first-order valence-corrected chi connectivity index (χ1v) is 6.27. The van der Waals surface area contributed by atoms with Gasteiger partial charge in [0, 0.05) is 0 Å². The van der Waals surface area contributed by atoms with Gasteiger partial charge in [-0.05, 0) is 20.1 Å². The Morgan fingerprint density at radius 2 is 2.06 bits per heavy atom. The molecule has 7 nitrogen and oxygen atoms in total. The summed E-state index contributed by atoms with van der Waals surface area (Å²) in [5, 5.41) is 0.556. The predicted molar refractivity (Wildman–Crippen MR) is 65.9 cm³/mol. The largest absolute Gasteiger partial charge is 0.368 e. The summed E-state index contributed by atoms with van der Waals surface area (Å²) in [7, 11) is 0. The smallest absolute Gasteiger partial charge is 0.279 e. The number of hydrogen-bond donors (Lipinski definition) is 2. The molecule has 0 bridgehead atoms. The Morgan fingerprint density at radius 3 is 2.61 bits per heavy atom. The maximum atomic E-state index is 11.9. The second-order valence-electron chi connectivity index (χ2n) is 3.43. The van der Waals surface area contributed by atoms with E-state index in [2.05, 4.69) is 20.3 Å². The van der Waals surface area contributed by atoms with Gasteiger partial charge in [-0.15, -0.1) is 11.8 Å². The van der Waals surface area contributed by atoms with Crippen LogP contribution in [0.15, 0.2) is 5.03 Å². The second kappa shape index (κ2) is 6.31. The highest BCUT2D eigenvalue weighted by Crippen LogP contribution is 2.20. The lowest BCUT2D eigenvalue weighted by atomic mass is 10.2. The summed E-state index contributed by atoms with van der Waals surface area (Å²) < 4.78 is 0. The van der Waals surface area contributed by atoms with E-state index in [1.807, 2.05) is 6.26 Å². The Kier molecular flexibility index (Phi) is 5.05. The average Bonchev–Trinajstić information content (AvgIpc) is 2.26. The molecule has 0 aliphatic heterocycles. The molecule has 0 saturated carbocycles. The van der Waals surface area contributed by atoms with Crippen molar-refractivity contribution in [3.8, 4) is 0 Å². The molecular weight excluding hydrogens is 256 g/mol. The number of thioether (sulfide) groups is 1. The number of primary amides is 1. The van der Waals surface area contributed by atoms with Crippen molar-refractivity contribution in [3.63, 3.8) is 0 Å². The van der Waals surface area contributed by atoms with Crippen molar-refractivity contribution in [2.75, 3.05) is 12.9 Å². The molecule has 0 fully saturated rings. The van der Waals surface area contributed by atoms with E-state index < -0.39 is 11.8 Å². The molecule has 3 N–H and O–H groups in total. The van der Waals surface area contributed by atoms with Gasteiger partial charge >= 0.3 is 0 Å². The predicted octanol–water partition coefficient (Wildman–Crippen LogP) is -0.0380. The van der Waals surface area contributed by atoms with Crippen LogP contribution in [0.2, 0.25) is 0 Å². The summed E-state index contributed by atoms with van der Waals surface area (Å²) >= 11 is 1.33. The van der Waals surface area contributed by atoms with Gasteiger partial charge in [0.05, 0.1) is 11.3 Å². The summed E-state index contributed by atoms with van der Waals surface area (Å²) in [4.78, 5) is 35.3. The molecule has 2 amide bonds. The summed E-state index contributed by atoms with van der Waals surface area (Å²) in [6.45, 7) is 3.07. The number of carbonyl (C=O) groups excluding carboxylic acids is 2. The fourth-order valence-corrected chi connectivity index (χ4v) is 1.98. The van der Waals surface area contributed by atoms with Crippen LogP contribution in [-0.4, -0.2) is 34.6 Å². The fourth-order valence-electron chi connectivity index (χ4n) is 1.31. The van der Waals surface area contributed by atoms with Crippen LogP contribution in [0.1, 0.15) is 21.9 Å². The van der Waals surface area contributed by atoms with Crippen LogP contribution >= 0.6 is 11.8 Å². The summed E-state index contributed by atoms with van der Waals surface area (Å²) in [6.07, 6.45) is 1.81. The fraction of sp³-hybridized carbons (Fsp3) is 0.400. The van der Waals surface area contributed by atoms with Gasteiger partial charge in [-0.3, -0.25) is 14.4 Å². The molecule has 0 saturated heterocycles. The number of hydrogen-bond acceptors (Lipinski definition) is 6. The zero-order chi connectivity index (χ0) is 13.7. The molecule has 0 aliphatic rings. The number of nitrogens with one attached hydrogen (secondary N) is 1. The van der Waals surface area contributed by atoms with Crippen molar-refractivity contribution in [3.05, 3.63) is 17.1 Å². The lowest BCUT2D eigenvalue weighted by Gasteiger charge is -2.10. The summed E-state index contributed by atoms with van der Waals surface area (Å²) in [5.41, 5.74) is 7.89. The van der Waals surface area contributed by atoms with Gasteiger partial charge in [0.25, 0.3) is 5.91 Å². The molecule has 0 atom stereocenters. The number of carbonyl (C=O) groups is 2. The van der Waals surface area contributed by atoms with Crippen molar-refractivity contribution < 1.29 is 14.4 Å². The topological polar surface area (TPSA) is 107 Å². The monoisotopic (exact) mass is 270 g/mol. The molecule has 1 aromatic heterocycles. The lowest BCUT2D eigenvalue weighted by molar-refractivity contribution is -0.124. The third-order valence-electron chi connectivity index (χ3n) is 1.97.